The summed E-state index contributed by atoms with van der Waals surface area (Å²) in [4.78, 5) is 6.79. The molecule has 1 aromatic heterocycles. The summed E-state index contributed by atoms with van der Waals surface area (Å²) in [5.74, 6) is 0.503. The maximum atomic E-state index is 5.32. The second kappa shape index (κ2) is 8.12. The molecular formula is C15H27N3O. The summed E-state index contributed by atoms with van der Waals surface area (Å²) in [5, 5.41) is 0. The molecule has 0 bridgehead atoms. The topological polar surface area (TPSA) is 51.4 Å². The fourth-order valence-electron chi connectivity index (χ4n) is 1.75. The van der Waals surface area contributed by atoms with Gasteiger partial charge in [-0.2, -0.15) is 0 Å². The average Bonchev–Trinajstić information content (AvgIpc) is 2.39. The van der Waals surface area contributed by atoms with E-state index in [-0.39, 0.29) is 0 Å². The predicted octanol–water partition coefficient (Wildman–Crippen LogP) is 2.40. The summed E-state index contributed by atoms with van der Waals surface area (Å²) in [6, 6.07) is 4.61. The lowest BCUT2D eigenvalue weighted by Crippen LogP contribution is -2.36. The van der Waals surface area contributed by atoms with Crippen LogP contribution in [0.4, 0.5) is 5.69 Å². The minimum absolute atomic E-state index is 0.333. The molecule has 1 saturated heterocycles. The van der Waals surface area contributed by atoms with Crippen molar-refractivity contribution in [2.75, 3.05) is 31.2 Å². The molecular weight excluding hydrogens is 238 g/mol. The molecule has 1 aromatic rings. The molecule has 0 atom stereocenters. The van der Waals surface area contributed by atoms with E-state index in [1.54, 1.807) is 0 Å². The van der Waals surface area contributed by atoms with E-state index in [0.29, 0.717) is 12.0 Å². The van der Waals surface area contributed by atoms with Gasteiger partial charge in [-0.1, -0.05) is 27.7 Å². The molecule has 0 radical (unpaired) electrons. The van der Waals surface area contributed by atoms with Crippen molar-refractivity contribution in [3.05, 3.63) is 24.0 Å². The van der Waals surface area contributed by atoms with Crippen molar-refractivity contribution in [2.24, 2.45) is 5.73 Å². The number of aromatic nitrogens is 1. The Kier molecular flexibility index (Phi) is 6.81. The summed E-state index contributed by atoms with van der Waals surface area (Å²) >= 11 is 0. The van der Waals surface area contributed by atoms with Crippen LogP contribution in [0.15, 0.2) is 18.3 Å². The van der Waals surface area contributed by atoms with Crippen LogP contribution in [0.25, 0.3) is 0 Å². The van der Waals surface area contributed by atoms with Crippen molar-refractivity contribution in [2.45, 2.75) is 39.7 Å². The van der Waals surface area contributed by atoms with E-state index in [2.05, 4.69) is 35.9 Å². The second-order valence-electron chi connectivity index (χ2n) is 5.44. The van der Waals surface area contributed by atoms with E-state index in [1.807, 2.05) is 20.0 Å². The van der Waals surface area contributed by atoms with Crippen LogP contribution in [-0.2, 0) is 4.74 Å². The Morgan fingerprint density at radius 2 is 1.74 bits per heavy atom. The molecule has 2 N–H and O–H groups in total. The predicted molar refractivity (Wildman–Crippen MR) is 80.7 cm³/mol. The van der Waals surface area contributed by atoms with Gasteiger partial charge < -0.3 is 15.4 Å². The Morgan fingerprint density at radius 1 is 1.16 bits per heavy atom. The number of rotatable bonds is 2. The van der Waals surface area contributed by atoms with Gasteiger partial charge in [0.2, 0.25) is 0 Å². The third-order valence-electron chi connectivity index (χ3n) is 2.74. The molecule has 1 fully saturated rings. The molecule has 108 valence electrons. The molecule has 0 aliphatic carbocycles. The standard InChI is InChI=1S/C12H18N2O.C3H9N/c1-10(2)12-4-3-11(9-13-12)14-5-7-15-8-6-14;1-3(2)4/h3-4,9-10H,5-8H2,1-2H3;3H,4H2,1-2H3. The normalized spacial score (nSPS) is 15.4. The van der Waals surface area contributed by atoms with E-state index in [9.17, 15) is 0 Å². The van der Waals surface area contributed by atoms with Gasteiger partial charge in [-0.3, -0.25) is 4.98 Å². The molecule has 2 rings (SSSR count). The van der Waals surface area contributed by atoms with Crippen LogP contribution in [0.1, 0.15) is 39.3 Å². The van der Waals surface area contributed by atoms with Gasteiger partial charge >= 0.3 is 0 Å². The first-order chi connectivity index (χ1) is 9.00. The van der Waals surface area contributed by atoms with Crippen LogP contribution in [0, 0.1) is 0 Å². The summed E-state index contributed by atoms with van der Waals surface area (Å²) < 4.78 is 5.32. The Labute approximate surface area is 117 Å². The van der Waals surface area contributed by atoms with Crippen LogP contribution >= 0.6 is 0 Å². The maximum absolute atomic E-state index is 5.32. The molecule has 0 aromatic carbocycles. The third-order valence-corrected chi connectivity index (χ3v) is 2.74. The number of anilines is 1. The number of ether oxygens (including phenoxy) is 1. The molecule has 0 amide bonds. The number of morpholine rings is 1. The first-order valence-electron chi connectivity index (χ1n) is 7.05. The Bertz CT molecular complexity index is 340. The summed E-state index contributed by atoms with van der Waals surface area (Å²) in [5.41, 5.74) is 7.48. The molecule has 0 unspecified atom stereocenters. The molecule has 1 aliphatic rings. The number of nitrogens with zero attached hydrogens (tertiary/aromatic N) is 2. The van der Waals surface area contributed by atoms with Gasteiger partial charge in [0.1, 0.15) is 0 Å². The van der Waals surface area contributed by atoms with Crippen molar-refractivity contribution in [1.82, 2.24) is 4.98 Å². The van der Waals surface area contributed by atoms with Crippen molar-refractivity contribution in [3.63, 3.8) is 0 Å². The van der Waals surface area contributed by atoms with Crippen molar-refractivity contribution < 1.29 is 4.74 Å². The number of hydrogen-bond donors (Lipinski definition) is 1. The molecule has 4 nitrogen and oxygen atoms in total. The highest BCUT2D eigenvalue weighted by Crippen LogP contribution is 2.17. The lowest BCUT2D eigenvalue weighted by atomic mass is 10.1. The van der Waals surface area contributed by atoms with Gasteiger partial charge in [0, 0.05) is 18.8 Å². The smallest absolute Gasteiger partial charge is 0.0642 e. The SMILES string of the molecule is CC(C)N.CC(C)c1ccc(N2CCOCC2)cn1. The van der Waals surface area contributed by atoms with Crippen LogP contribution in [0.5, 0.6) is 0 Å². The minimum atomic E-state index is 0.333. The second-order valence-corrected chi connectivity index (χ2v) is 5.44. The molecule has 19 heavy (non-hydrogen) atoms. The summed E-state index contributed by atoms with van der Waals surface area (Å²) in [6.45, 7) is 11.8. The van der Waals surface area contributed by atoms with Crippen molar-refractivity contribution >= 4 is 5.69 Å². The Hall–Kier alpha value is -1.13. The zero-order chi connectivity index (χ0) is 14.3. The van der Waals surface area contributed by atoms with E-state index in [1.165, 1.54) is 5.69 Å². The zero-order valence-corrected chi connectivity index (χ0v) is 12.6. The highest BCUT2D eigenvalue weighted by Gasteiger charge is 2.11. The average molecular weight is 265 g/mol. The summed E-state index contributed by atoms with van der Waals surface area (Å²) in [6.07, 6.45) is 1.97. The van der Waals surface area contributed by atoms with Crippen LogP contribution in [0.3, 0.4) is 0 Å². The van der Waals surface area contributed by atoms with Crippen LogP contribution in [0.2, 0.25) is 0 Å². The van der Waals surface area contributed by atoms with Gasteiger partial charge in [-0.05, 0) is 24.1 Å². The van der Waals surface area contributed by atoms with Crippen LogP contribution in [-0.4, -0.2) is 37.3 Å². The molecule has 0 spiro atoms. The van der Waals surface area contributed by atoms with E-state index in [4.69, 9.17) is 10.5 Å². The van der Waals surface area contributed by atoms with Crippen LogP contribution < -0.4 is 10.6 Å². The Morgan fingerprint density at radius 3 is 2.16 bits per heavy atom. The molecule has 1 aliphatic heterocycles. The van der Waals surface area contributed by atoms with E-state index >= 15 is 0 Å². The maximum Gasteiger partial charge on any atom is 0.0642 e. The fourth-order valence-corrected chi connectivity index (χ4v) is 1.75. The van der Waals surface area contributed by atoms with Gasteiger partial charge in [-0.15, -0.1) is 0 Å². The van der Waals surface area contributed by atoms with Gasteiger partial charge in [0.05, 0.1) is 25.1 Å². The van der Waals surface area contributed by atoms with Crippen molar-refractivity contribution in [1.29, 1.82) is 0 Å². The highest BCUT2D eigenvalue weighted by molar-refractivity contribution is 5.45. The first kappa shape index (κ1) is 15.9. The summed E-state index contributed by atoms with van der Waals surface area (Å²) in [7, 11) is 0. The monoisotopic (exact) mass is 265 g/mol. The fraction of sp³-hybridized carbons (Fsp3) is 0.667. The van der Waals surface area contributed by atoms with E-state index < -0.39 is 0 Å². The molecule has 4 heteroatoms. The number of hydrogen-bond acceptors (Lipinski definition) is 4. The number of pyridine rings is 1. The lowest BCUT2D eigenvalue weighted by Gasteiger charge is -2.28. The number of nitrogens with two attached hydrogens (primary N) is 1. The lowest BCUT2D eigenvalue weighted by molar-refractivity contribution is 0.122. The minimum Gasteiger partial charge on any atom is -0.378 e. The van der Waals surface area contributed by atoms with E-state index in [0.717, 1.165) is 32.0 Å². The highest BCUT2D eigenvalue weighted by atomic mass is 16.5. The van der Waals surface area contributed by atoms with Gasteiger partial charge in [0.25, 0.3) is 0 Å². The molecule has 0 saturated carbocycles. The van der Waals surface area contributed by atoms with Gasteiger partial charge in [0.15, 0.2) is 0 Å². The van der Waals surface area contributed by atoms with Crippen molar-refractivity contribution in [3.8, 4) is 0 Å². The third kappa shape index (κ3) is 6.03. The molecule has 2 heterocycles. The Balaban J connectivity index is 0.000000399. The first-order valence-corrected chi connectivity index (χ1v) is 7.05. The van der Waals surface area contributed by atoms with Gasteiger partial charge in [-0.25, -0.2) is 0 Å². The zero-order valence-electron chi connectivity index (χ0n) is 12.6. The quantitative estimate of drug-likeness (QED) is 0.892. The largest absolute Gasteiger partial charge is 0.378 e.